The molecule has 0 amide bonds. The molecule has 112 valence electrons. The lowest BCUT2D eigenvalue weighted by Crippen LogP contribution is -2.29. The molecule has 2 nitrogen and oxygen atoms in total. The Labute approximate surface area is 122 Å². The fourth-order valence-corrected chi connectivity index (χ4v) is 3.11. The molecule has 0 saturated carbocycles. The third-order valence-electron chi connectivity index (χ3n) is 4.04. The van der Waals surface area contributed by atoms with Gasteiger partial charge < -0.3 is 10.2 Å². The molecule has 1 saturated heterocycles. The van der Waals surface area contributed by atoms with Gasteiger partial charge in [-0.2, -0.15) is 0 Å². The quantitative estimate of drug-likeness (QED) is 0.881. The number of benzene rings is 1. The maximum Gasteiger partial charge on any atom is 0.129 e. The van der Waals surface area contributed by atoms with Crippen LogP contribution in [-0.4, -0.2) is 19.1 Å². The highest BCUT2D eigenvalue weighted by Gasteiger charge is 2.28. The summed E-state index contributed by atoms with van der Waals surface area (Å²) in [5, 5.41) is 3.37. The van der Waals surface area contributed by atoms with Gasteiger partial charge in [0.1, 0.15) is 5.82 Å². The molecule has 0 bridgehead atoms. The standard InChI is InChI=1S/C17H27FN2/c1-12(2)9-19-10-15-16(18)6-5-7-17(15)20-11-13(3)8-14(20)4/h5-7,12-14,19H,8-11H2,1-4H3. The van der Waals surface area contributed by atoms with E-state index in [0.717, 1.165) is 24.3 Å². The van der Waals surface area contributed by atoms with Gasteiger partial charge >= 0.3 is 0 Å². The van der Waals surface area contributed by atoms with Crippen molar-refractivity contribution in [3.8, 4) is 0 Å². The predicted octanol–water partition coefficient (Wildman–Crippen LogP) is 3.81. The average Bonchev–Trinajstić information content (AvgIpc) is 2.70. The molecule has 0 aliphatic carbocycles. The van der Waals surface area contributed by atoms with E-state index in [4.69, 9.17) is 0 Å². The summed E-state index contributed by atoms with van der Waals surface area (Å²) in [5.74, 6) is 1.17. The van der Waals surface area contributed by atoms with E-state index in [1.807, 2.05) is 6.07 Å². The lowest BCUT2D eigenvalue weighted by Gasteiger charge is -2.27. The number of nitrogens with zero attached hydrogens (tertiary/aromatic N) is 1. The number of halogens is 1. The number of hydrogen-bond acceptors (Lipinski definition) is 2. The van der Waals surface area contributed by atoms with Crippen molar-refractivity contribution < 1.29 is 4.39 Å². The highest BCUT2D eigenvalue weighted by molar-refractivity contribution is 5.55. The van der Waals surface area contributed by atoms with E-state index in [0.29, 0.717) is 24.4 Å². The molecule has 0 spiro atoms. The first-order chi connectivity index (χ1) is 9.49. The minimum Gasteiger partial charge on any atom is -0.368 e. The third-order valence-corrected chi connectivity index (χ3v) is 4.04. The van der Waals surface area contributed by atoms with Crippen LogP contribution in [0.3, 0.4) is 0 Å². The van der Waals surface area contributed by atoms with E-state index < -0.39 is 0 Å². The smallest absolute Gasteiger partial charge is 0.129 e. The van der Waals surface area contributed by atoms with Crippen LogP contribution in [0.1, 0.15) is 39.7 Å². The molecule has 1 aliphatic heterocycles. The summed E-state index contributed by atoms with van der Waals surface area (Å²) in [6.45, 7) is 11.4. The zero-order valence-corrected chi connectivity index (χ0v) is 13.1. The molecular formula is C17H27FN2. The van der Waals surface area contributed by atoms with Gasteiger partial charge in [0.25, 0.3) is 0 Å². The summed E-state index contributed by atoms with van der Waals surface area (Å²) in [4.78, 5) is 2.36. The fraction of sp³-hybridized carbons (Fsp3) is 0.647. The first kappa shape index (κ1) is 15.3. The summed E-state index contributed by atoms with van der Waals surface area (Å²) in [5.41, 5.74) is 1.88. The highest BCUT2D eigenvalue weighted by Crippen LogP contribution is 2.32. The minimum atomic E-state index is -0.0921. The molecule has 1 N–H and O–H groups in total. The minimum absolute atomic E-state index is 0.0921. The topological polar surface area (TPSA) is 15.3 Å². The van der Waals surface area contributed by atoms with Gasteiger partial charge in [0.05, 0.1) is 0 Å². The zero-order chi connectivity index (χ0) is 14.7. The lowest BCUT2D eigenvalue weighted by atomic mass is 10.1. The van der Waals surface area contributed by atoms with Crippen LogP contribution in [0.25, 0.3) is 0 Å². The second-order valence-corrected chi connectivity index (χ2v) is 6.60. The Morgan fingerprint density at radius 3 is 2.70 bits per heavy atom. The Morgan fingerprint density at radius 1 is 1.35 bits per heavy atom. The summed E-state index contributed by atoms with van der Waals surface area (Å²) >= 11 is 0. The first-order valence-corrected chi connectivity index (χ1v) is 7.73. The molecule has 3 heteroatoms. The first-order valence-electron chi connectivity index (χ1n) is 7.73. The Kier molecular flexibility index (Phi) is 5.03. The van der Waals surface area contributed by atoms with Gasteiger partial charge in [-0.25, -0.2) is 4.39 Å². The Morgan fingerprint density at radius 2 is 2.10 bits per heavy atom. The lowest BCUT2D eigenvalue weighted by molar-refractivity contribution is 0.533. The van der Waals surface area contributed by atoms with Crippen molar-refractivity contribution in [1.82, 2.24) is 5.32 Å². The van der Waals surface area contributed by atoms with Gasteiger partial charge in [-0.15, -0.1) is 0 Å². The van der Waals surface area contributed by atoms with Crippen molar-refractivity contribution in [2.45, 2.75) is 46.7 Å². The van der Waals surface area contributed by atoms with Crippen molar-refractivity contribution in [2.75, 3.05) is 18.0 Å². The van der Waals surface area contributed by atoms with Crippen LogP contribution in [0.2, 0.25) is 0 Å². The molecule has 1 aliphatic rings. The van der Waals surface area contributed by atoms with Crippen molar-refractivity contribution in [3.05, 3.63) is 29.6 Å². The molecule has 0 radical (unpaired) electrons. The van der Waals surface area contributed by atoms with Gasteiger partial charge in [0.2, 0.25) is 0 Å². The van der Waals surface area contributed by atoms with Gasteiger partial charge in [-0.05, 0) is 43.9 Å². The van der Waals surface area contributed by atoms with E-state index in [-0.39, 0.29) is 5.82 Å². The zero-order valence-electron chi connectivity index (χ0n) is 13.1. The SMILES string of the molecule is CC(C)CNCc1c(F)cccc1N1CC(C)CC1C. The van der Waals surface area contributed by atoms with E-state index in [9.17, 15) is 4.39 Å². The van der Waals surface area contributed by atoms with Crippen LogP contribution >= 0.6 is 0 Å². The molecule has 0 aromatic heterocycles. The molecule has 1 fully saturated rings. The maximum absolute atomic E-state index is 14.2. The van der Waals surface area contributed by atoms with E-state index >= 15 is 0 Å². The summed E-state index contributed by atoms with van der Waals surface area (Å²) < 4.78 is 14.2. The Balaban J connectivity index is 2.18. The Bertz CT molecular complexity index is 445. The van der Waals surface area contributed by atoms with Crippen LogP contribution in [0, 0.1) is 17.7 Å². The molecule has 20 heavy (non-hydrogen) atoms. The molecule has 2 rings (SSSR count). The van der Waals surface area contributed by atoms with Gasteiger partial charge in [0, 0.05) is 30.4 Å². The number of anilines is 1. The third kappa shape index (κ3) is 3.51. The molecule has 2 unspecified atom stereocenters. The van der Waals surface area contributed by atoms with Gasteiger partial charge in [-0.3, -0.25) is 0 Å². The highest BCUT2D eigenvalue weighted by atomic mass is 19.1. The summed E-state index contributed by atoms with van der Waals surface area (Å²) in [6, 6.07) is 5.95. The fourth-order valence-electron chi connectivity index (χ4n) is 3.11. The van der Waals surface area contributed by atoms with Crippen molar-refractivity contribution in [1.29, 1.82) is 0 Å². The summed E-state index contributed by atoms with van der Waals surface area (Å²) in [6.07, 6.45) is 1.19. The molecule has 1 aromatic carbocycles. The molecule has 2 atom stereocenters. The van der Waals surface area contributed by atoms with E-state index in [2.05, 4.69) is 44.0 Å². The van der Waals surface area contributed by atoms with Crippen LogP contribution in [0.4, 0.5) is 10.1 Å². The number of rotatable bonds is 5. The Hall–Kier alpha value is -1.09. The molecule has 1 heterocycles. The molecular weight excluding hydrogens is 251 g/mol. The van der Waals surface area contributed by atoms with Crippen LogP contribution < -0.4 is 10.2 Å². The second kappa shape index (κ2) is 6.57. The van der Waals surface area contributed by atoms with Crippen LogP contribution in [0.5, 0.6) is 0 Å². The van der Waals surface area contributed by atoms with Crippen LogP contribution in [0.15, 0.2) is 18.2 Å². The maximum atomic E-state index is 14.2. The predicted molar refractivity (Wildman–Crippen MR) is 83.5 cm³/mol. The van der Waals surface area contributed by atoms with Gasteiger partial charge in [-0.1, -0.05) is 26.8 Å². The van der Waals surface area contributed by atoms with Crippen molar-refractivity contribution in [3.63, 3.8) is 0 Å². The molecule has 1 aromatic rings. The van der Waals surface area contributed by atoms with E-state index in [1.165, 1.54) is 6.42 Å². The largest absolute Gasteiger partial charge is 0.368 e. The average molecular weight is 278 g/mol. The number of nitrogens with one attached hydrogen (secondary N) is 1. The van der Waals surface area contributed by atoms with Gasteiger partial charge in [0.15, 0.2) is 0 Å². The monoisotopic (exact) mass is 278 g/mol. The normalized spacial score (nSPS) is 22.8. The van der Waals surface area contributed by atoms with Crippen LogP contribution in [-0.2, 0) is 6.54 Å². The van der Waals surface area contributed by atoms with Crippen molar-refractivity contribution >= 4 is 5.69 Å². The summed E-state index contributed by atoms with van der Waals surface area (Å²) in [7, 11) is 0. The van der Waals surface area contributed by atoms with Crippen molar-refractivity contribution in [2.24, 2.45) is 11.8 Å². The van der Waals surface area contributed by atoms with E-state index in [1.54, 1.807) is 6.07 Å². The second-order valence-electron chi connectivity index (χ2n) is 6.60. The number of hydrogen-bond donors (Lipinski definition) is 1.